The number of nitrogens with one attached hydrogen (secondary N) is 1. The molecular weight excluding hydrogens is 224 g/mol. The predicted molar refractivity (Wildman–Crippen MR) is 64.8 cm³/mol. The molecule has 94 valence electrons. The van der Waals surface area contributed by atoms with Gasteiger partial charge in [-0.1, -0.05) is 0 Å². The Morgan fingerprint density at radius 2 is 1.94 bits per heavy atom. The fourth-order valence-corrected chi connectivity index (χ4v) is 3.04. The van der Waals surface area contributed by atoms with E-state index in [9.17, 15) is 8.42 Å². The van der Waals surface area contributed by atoms with Gasteiger partial charge in [0.05, 0.1) is 5.75 Å². The standard InChI is InChI=1S/C11H22N2O2S/c1-13(9-10-3-4-10)16(14,15)8-2-7-12-11-5-6-11/h10-12H,2-9H2,1H3. The fourth-order valence-electron chi connectivity index (χ4n) is 1.78. The summed E-state index contributed by atoms with van der Waals surface area (Å²) in [7, 11) is -1.29. The summed E-state index contributed by atoms with van der Waals surface area (Å²) in [5, 5.41) is 3.34. The summed E-state index contributed by atoms with van der Waals surface area (Å²) in [4.78, 5) is 0. The lowest BCUT2D eigenvalue weighted by atomic mass is 10.4. The zero-order valence-corrected chi connectivity index (χ0v) is 10.8. The molecule has 0 spiro atoms. The minimum Gasteiger partial charge on any atom is -0.314 e. The van der Waals surface area contributed by atoms with Crippen LogP contribution in [0.4, 0.5) is 0 Å². The van der Waals surface area contributed by atoms with E-state index in [4.69, 9.17) is 0 Å². The maximum atomic E-state index is 11.9. The van der Waals surface area contributed by atoms with Crippen molar-refractivity contribution in [2.24, 2.45) is 5.92 Å². The van der Waals surface area contributed by atoms with Crippen molar-refractivity contribution in [3.63, 3.8) is 0 Å². The van der Waals surface area contributed by atoms with Crippen LogP contribution in [0.3, 0.4) is 0 Å². The van der Waals surface area contributed by atoms with Crippen molar-refractivity contribution in [3.05, 3.63) is 0 Å². The maximum Gasteiger partial charge on any atom is 0.213 e. The Bertz CT molecular complexity index is 321. The van der Waals surface area contributed by atoms with E-state index in [0.29, 0.717) is 12.0 Å². The van der Waals surface area contributed by atoms with Crippen molar-refractivity contribution in [3.8, 4) is 0 Å². The highest BCUT2D eigenvalue weighted by molar-refractivity contribution is 7.89. The molecule has 0 saturated heterocycles. The summed E-state index contributed by atoms with van der Waals surface area (Å²) in [6, 6.07) is 0.673. The first-order valence-corrected chi connectivity index (χ1v) is 7.86. The quantitative estimate of drug-likeness (QED) is 0.645. The molecule has 0 amide bonds. The van der Waals surface area contributed by atoms with Crippen molar-refractivity contribution in [2.75, 3.05) is 25.9 Å². The lowest BCUT2D eigenvalue weighted by Gasteiger charge is -2.16. The highest BCUT2D eigenvalue weighted by atomic mass is 32.2. The van der Waals surface area contributed by atoms with Crippen molar-refractivity contribution in [2.45, 2.75) is 38.1 Å². The third-order valence-electron chi connectivity index (χ3n) is 3.28. The lowest BCUT2D eigenvalue weighted by Crippen LogP contribution is -2.32. The van der Waals surface area contributed by atoms with Crippen LogP contribution in [0.25, 0.3) is 0 Å². The number of hydrogen-bond donors (Lipinski definition) is 1. The number of sulfonamides is 1. The first-order chi connectivity index (χ1) is 7.58. The topological polar surface area (TPSA) is 49.4 Å². The van der Waals surface area contributed by atoms with E-state index in [1.807, 2.05) is 0 Å². The first-order valence-electron chi connectivity index (χ1n) is 6.25. The molecule has 4 nitrogen and oxygen atoms in total. The van der Waals surface area contributed by atoms with Crippen molar-refractivity contribution in [1.29, 1.82) is 0 Å². The minimum absolute atomic E-state index is 0.288. The molecule has 0 aromatic heterocycles. The third-order valence-corrected chi connectivity index (χ3v) is 5.18. The van der Waals surface area contributed by atoms with Crippen LogP contribution in [-0.4, -0.2) is 44.7 Å². The van der Waals surface area contributed by atoms with Crippen LogP contribution in [0.5, 0.6) is 0 Å². The second kappa shape index (κ2) is 5.02. The Morgan fingerprint density at radius 3 is 2.50 bits per heavy atom. The van der Waals surface area contributed by atoms with E-state index in [-0.39, 0.29) is 5.75 Å². The highest BCUT2D eigenvalue weighted by Gasteiger charge is 2.28. The van der Waals surface area contributed by atoms with Crippen LogP contribution >= 0.6 is 0 Å². The summed E-state index contributed by atoms with van der Waals surface area (Å²) in [5.41, 5.74) is 0. The van der Waals surface area contributed by atoms with Gasteiger partial charge in [0.25, 0.3) is 0 Å². The van der Waals surface area contributed by atoms with Gasteiger partial charge in [-0.05, 0) is 44.6 Å². The first kappa shape index (κ1) is 12.3. The summed E-state index contributed by atoms with van der Waals surface area (Å²) in [6.07, 6.45) is 5.64. The van der Waals surface area contributed by atoms with Gasteiger partial charge in [0.15, 0.2) is 0 Å². The molecule has 5 heteroatoms. The summed E-state index contributed by atoms with van der Waals surface area (Å²) < 4.78 is 25.2. The van der Waals surface area contributed by atoms with E-state index >= 15 is 0 Å². The number of nitrogens with zero attached hydrogens (tertiary/aromatic N) is 1. The van der Waals surface area contributed by atoms with Gasteiger partial charge in [-0.25, -0.2) is 12.7 Å². The number of rotatable bonds is 8. The Balaban J connectivity index is 1.63. The highest BCUT2D eigenvalue weighted by Crippen LogP contribution is 2.30. The molecule has 2 fully saturated rings. The van der Waals surface area contributed by atoms with E-state index in [2.05, 4.69) is 5.32 Å². The maximum absolute atomic E-state index is 11.9. The summed E-state index contributed by atoms with van der Waals surface area (Å²) in [5.74, 6) is 0.917. The largest absolute Gasteiger partial charge is 0.314 e. The van der Waals surface area contributed by atoms with Crippen molar-refractivity contribution in [1.82, 2.24) is 9.62 Å². The van der Waals surface area contributed by atoms with Crippen LogP contribution in [-0.2, 0) is 10.0 Å². The van der Waals surface area contributed by atoms with Gasteiger partial charge in [0.1, 0.15) is 0 Å². The van der Waals surface area contributed by atoms with Gasteiger partial charge >= 0.3 is 0 Å². The molecule has 0 heterocycles. The van der Waals surface area contributed by atoms with Crippen LogP contribution in [0, 0.1) is 5.92 Å². The SMILES string of the molecule is CN(CC1CC1)S(=O)(=O)CCCNC1CC1. The third kappa shape index (κ3) is 4.03. The van der Waals surface area contributed by atoms with Gasteiger partial charge in [-0.2, -0.15) is 0 Å². The van der Waals surface area contributed by atoms with Gasteiger partial charge in [-0.15, -0.1) is 0 Å². The van der Waals surface area contributed by atoms with E-state index in [1.165, 1.54) is 25.7 Å². The molecule has 0 aromatic rings. The summed E-state index contributed by atoms with van der Waals surface area (Å²) in [6.45, 7) is 1.56. The molecule has 2 saturated carbocycles. The molecule has 0 bridgehead atoms. The van der Waals surface area contributed by atoms with Crippen LogP contribution in [0.15, 0.2) is 0 Å². The average Bonchev–Trinajstić information content (AvgIpc) is 3.06. The molecule has 2 rings (SSSR count). The minimum atomic E-state index is -3.00. The van der Waals surface area contributed by atoms with Gasteiger partial charge < -0.3 is 5.32 Å². The van der Waals surface area contributed by atoms with Crippen LogP contribution in [0.2, 0.25) is 0 Å². The Kier molecular flexibility index (Phi) is 3.87. The molecule has 1 N–H and O–H groups in total. The Morgan fingerprint density at radius 1 is 1.25 bits per heavy atom. The summed E-state index contributed by atoms with van der Waals surface area (Å²) >= 11 is 0. The van der Waals surface area contributed by atoms with Crippen LogP contribution in [0.1, 0.15) is 32.1 Å². The second-order valence-electron chi connectivity index (χ2n) is 5.12. The van der Waals surface area contributed by atoms with Gasteiger partial charge in [0, 0.05) is 19.6 Å². The lowest BCUT2D eigenvalue weighted by molar-refractivity contribution is 0.451. The van der Waals surface area contributed by atoms with Crippen LogP contribution < -0.4 is 5.32 Å². The van der Waals surface area contributed by atoms with E-state index in [1.54, 1.807) is 11.4 Å². The molecule has 0 aliphatic heterocycles. The van der Waals surface area contributed by atoms with Gasteiger partial charge in [-0.3, -0.25) is 0 Å². The molecule has 0 atom stereocenters. The fraction of sp³-hybridized carbons (Fsp3) is 1.00. The zero-order chi connectivity index (χ0) is 11.6. The molecule has 0 unspecified atom stereocenters. The van der Waals surface area contributed by atoms with Crippen molar-refractivity contribution < 1.29 is 8.42 Å². The molecule has 0 radical (unpaired) electrons. The molecule has 0 aromatic carbocycles. The Labute approximate surface area is 98.4 Å². The molecule has 2 aliphatic carbocycles. The smallest absolute Gasteiger partial charge is 0.213 e. The van der Waals surface area contributed by atoms with E-state index < -0.39 is 10.0 Å². The second-order valence-corrected chi connectivity index (χ2v) is 7.32. The molecular formula is C11H22N2O2S. The zero-order valence-electron chi connectivity index (χ0n) is 9.98. The Hall–Kier alpha value is -0.130. The monoisotopic (exact) mass is 246 g/mol. The van der Waals surface area contributed by atoms with E-state index in [0.717, 1.165) is 19.5 Å². The predicted octanol–water partition coefficient (Wildman–Crippen LogP) is 0.800. The number of hydrogen-bond acceptors (Lipinski definition) is 3. The van der Waals surface area contributed by atoms with Gasteiger partial charge in [0.2, 0.25) is 10.0 Å². The molecule has 2 aliphatic rings. The molecule has 16 heavy (non-hydrogen) atoms. The average molecular weight is 246 g/mol. The van der Waals surface area contributed by atoms with Crippen molar-refractivity contribution >= 4 is 10.0 Å². The normalized spacial score (nSPS) is 21.6.